The third-order valence-corrected chi connectivity index (χ3v) is 5.25. The average molecular weight is 429 g/mol. The molecule has 32 heavy (non-hydrogen) atoms. The molecule has 0 radical (unpaired) electrons. The fourth-order valence-electron chi connectivity index (χ4n) is 3.61. The Morgan fingerprint density at radius 2 is 1.66 bits per heavy atom. The fourth-order valence-corrected chi connectivity index (χ4v) is 3.61. The number of H-pyrrole nitrogens is 1. The second kappa shape index (κ2) is 8.11. The molecule has 2 N–H and O–H groups in total. The molecule has 0 saturated carbocycles. The molecule has 1 heterocycles. The summed E-state index contributed by atoms with van der Waals surface area (Å²) in [6.45, 7) is -0.247. The van der Waals surface area contributed by atoms with Gasteiger partial charge >= 0.3 is 0 Å². The van der Waals surface area contributed by atoms with E-state index in [4.69, 9.17) is 4.74 Å². The number of amides is 1. The summed E-state index contributed by atoms with van der Waals surface area (Å²) in [6.07, 6.45) is 0. The quantitative estimate of drug-likeness (QED) is 0.370. The number of hydrogen-bond donors (Lipinski definition) is 2. The number of nitrogens with one attached hydrogen (secondary N) is 2. The van der Waals surface area contributed by atoms with Gasteiger partial charge in [-0.15, -0.1) is 0 Å². The lowest BCUT2D eigenvalue weighted by atomic mass is 10.0. The number of nitrogens with zero attached hydrogens (tertiary/aromatic N) is 1. The van der Waals surface area contributed by atoms with Crippen LogP contribution in [0, 0.1) is 11.6 Å². The summed E-state index contributed by atoms with van der Waals surface area (Å²) in [6, 6.07) is 21.9. The van der Waals surface area contributed by atoms with E-state index in [1.54, 1.807) is 24.3 Å². The highest BCUT2D eigenvalue weighted by molar-refractivity contribution is 6.14. The van der Waals surface area contributed by atoms with Crippen molar-refractivity contribution in [2.24, 2.45) is 0 Å². The maximum Gasteiger partial charge on any atom is 0.257 e. The molecule has 7 heteroatoms. The van der Waals surface area contributed by atoms with Gasteiger partial charge in [0.2, 0.25) is 0 Å². The number of aromatic amines is 1. The molecule has 4 aromatic carbocycles. The topological polar surface area (TPSA) is 67.0 Å². The lowest BCUT2D eigenvalue weighted by Crippen LogP contribution is -2.12. The lowest BCUT2D eigenvalue weighted by Gasteiger charge is -2.08. The number of rotatable bonds is 5. The number of ether oxygens (including phenoxy) is 1. The zero-order valence-corrected chi connectivity index (χ0v) is 16.7. The smallest absolute Gasteiger partial charge is 0.257 e. The summed E-state index contributed by atoms with van der Waals surface area (Å²) < 4.78 is 33.1. The maximum atomic E-state index is 13.8. The molecule has 1 amide bonds. The van der Waals surface area contributed by atoms with Gasteiger partial charge in [-0.2, -0.15) is 5.10 Å². The normalized spacial score (nSPS) is 11.1. The van der Waals surface area contributed by atoms with E-state index in [-0.39, 0.29) is 18.1 Å². The minimum Gasteiger partial charge on any atom is -0.489 e. The first-order valence-corrected chi connectivity index (χ1v) is 9.93. The van der Waals surface area contributed by atoms with Crippen LogP contribution in [-0.2, 0) is 6.61 Å². The van der Waals surface area contributed by atoms with Gasteiger partial charge in [0.15, 0.2) is 5.82 Å². The van der Waals surface area contributed by atoms with Crippen LogP contribution in [0.4, 0.5) is 14.6 Å². The standard InChI is InChI=1S/C25H17F2N3O2/c26-21-9-4-10-22(27)20(21)14-32-16-11-12-19-23(13-16)29-30-24(19)28-25(31)18-8-3-6-15-5-1-2-7-17(15)18/h1-13H,14H2,(H2,28,29,30,31). The van der Waals surface area contributed by atoms with Crippen LogP contribution in [0.1, 0.15) is 15.9 Å². The van der Waals surface area contributed by atoms with Crippen LogP contribution < -0.4 is 10.1 Å². The first-order chi connectivity index (χ1) is 15.6. The summed E-state index contributed by atoms with van der Waals surface area (Å²) in [5.74, 6) is -0.803. The van der Waals surface area contributed by atoms with Gasteiger partial charge in [0.25, 0.3) is 5.91 Å². The zero-order chi connectivity index (χ0) is 22.1. The molecule has 0 bridgehead atoms. The third kappa shape index (κ3) is 3.65. The number of halogens is 2. The molecule has 0 saturated heterocycles. The first-order valence-electron chi connectivity index (χ1n) is 9.93. The molecule has 0 spiro atoms. The summed E-state index contributed by atoms with van der Waals surface area (Å²) in [7, 11) is 0. The number of carbonyl (C=O) groups excluding carboxylic acids is 1. The van der Waals surface area contributed by atoms with Crippen molar-refractivity contribution >= 4 is 33.4 Å². The Balaban J connectivity index is 1.36. The molecule has 158 valence electrons. The highest BCUT2D eigenvalue weighted by atomic mass is 19.1. The van der Waals surface area contributed by atoms with Gasteiger partial charge < -0.3 is 10.1 Å². The fraction of sp³-hybridized carbons (Fsp3) is 0.0400. The highest BCUT2D eigenvalue weighted by Crippen LogP contribution is 2.27. The largest absolute Gasteiger partial charge is 0.489 e. The van der Waals surface area contributed by atoms with Gasteiger partial charge in [-0.05, 0) is 41.1 Å². The van der Waals surface area contributed by atoms with E-state index in [1.165, 1.54) is 18.2 Å². The Kier molecular flexibility index (Phi) is 4.99. The van der Waals surface area contributed by atoms with Crippen molar-refractivity contribution in [3.63, 3.8) is 0 Å². The second-order valence-corrected chi connectivity index (χ2v) is 7.25. The Labute approximate surface area is 181 Å². The monoisotopic (exact) mass is 429 g/mol. The summed E-state index contributed by atoms with van der Waals surface area (Å²) >= 11 is 0. The van der Waals surface area contributed by atoms with Crippen molar-refractivity contribution in [3.05, 3.63) is 102 Å². The summed E-state index contributed by atoms with van der Waals surface area (Å²) in [4.78, 5) is 12.9. The van der Waals surface area contributed by atoms with E-state index < -0.39 is 11.6 Å². The molecule has 0 fully saturated rings. The van der Waals surface area contributed by atoms with Crippen LogP contribution in [0.25, 0.3) is 21.7 Å². The Hall–Kier alpha value is -4.26. The van der Waals surface area contributed by atoms with Crippen LogP contribution >= 0.6 is 0 Å². The van der Waals surface area contributed by atoms with Crippen molar-refractivity contribution in [2.75, 3.05) is 5.32 Å². The van der Waals surface area contributed by atoms with Crippen LogP contribution in [0.15, 0.2) is 78.9 Å². The number of aromatic nitrogens is 2. The molecule has 0 unspecified atom stereocenters. The van der Waals surface area contributed by atoms with Crippen molar-refractivity contribution in [3.8, 4) is 5.75 Å². The number of fused-ring (bicyclic) bond motifs is 2. The maximum absolute atomic E-state index is 13.8. The van der Waals surface area contributed by atoms with E-state index >= 15 is 0 Å². The van der Waals surface area contributed by atoms with Gasteiger partial charge in [-0.25, -0.2) is 8.78 Å². The molecule has 0 aliphatic heterocycles. The predicted octanol–water partition coefficient (Wildman–Crippen LogP) is 5.83. The molecule has 5 nitrogen and oxygen atoms in total. The Bertz CT molecular complexity index is 1440. The van der Waals surface area contributed by atoms with Crippen LogP contribution in [0.2, 0.25) is 0 Å². The van der Waals surface area contributed by atoms with Crippen molar-refractivity contribution in [1.82, 2.24) is 10.2 Å². The van der Waals surface area contributed by atoms with E-state index in [0.717, 1.165) is 10.8 Å². The SMILES string of the molecule is O=C(Nc1n[nH]c2cc(OCc3c(F)cccc3F)ccc12)c1cccc2ccccc12. The van der Waals surface area contributed by atoms with Gasteiger partial charge in [-0.1, -0.05) is 42.5 Å². The summed E-state index contributed by atoms with van der Waals surface area (Å²) in [5.41, 5.74) is 1.02. The molecule has 0 atom stereocenters. The van der Waals surface area contributed by atoms with Gasteiger partial charge in [0, 0.05) is 17.0 Å². The minimum atomic E-state index is -0.661. The number of benzene rings is 4. The highest BCUT2D eigenvalue weighted by Gasteiger charge is 2.15. The first kappa shape index (κ1) is 19.7. The summed E-state index contributed by atoms with van der Waals surface area (Å²) in [5, 5.41) is 12.4. The second-order valence-electron chi connectivity index (χ2n) is 7.25. The average Bonchev–Trinajstić information content (AvgIpc) is 3.20. The van der Waals surface area contributed by atoms with Crippen molar-refractivity contribution < 1.29 is 18.3 Å². The molecule has 5 rings (SSSR count). The van der Waals surface area contributed by atoms with Gasteiger partial charge in [-0.3, -0.25) is 9.89 Å². The molecular weight excluding hydrogens is 412 g/mol. The van der Waals surface area contributed by atoms with Crippen molar-refractivity contribution in [1.29, 1.82) is 0 Å². The zero-order valence-electron chi connectivity index (χ0n) is 16.7. The molecular formula is C25H17F2N3O2. The van der Waals surface area contributed by atoms with E-state index in [0.29, 0.717) is 28.0 Å². The Morgan fingerprint density at radius 1 is 0.906 bits per heavy atom. The van der Waals surface area contributed by atoms with Gasteiger partial charge in [0.1, 0.15) is 24.0 Å². The van der Waals surface area contributed by atoms with Crippen LogP contribution in [0.3, 0.4) is 0 Å². The Morgan fingerprint density at radius 3 is 2.50 bits per heavy atom. The molecule has 0 aliphatic rings. The van der Waals surface area contributed by atoms with Gasteiger partial charge in [0.05, 0.1) is 11.1 Å². The minimum absolute atomic E-state index is 0.139. The van der Waals surface area contributed by atoms with E-state index in [9.17, 15) is 13.6 Å². The van der Waals surface area contributed by atoms with Crippen LogP contribution in [0.5, 0.6) is 5.75 Å². The number of hydrogen-bond acceptors (Lipinski definition) is 3. The van der Waals surface area contributed by atoms with E-state index in [1.807, 2.05) is 36.4 Å². The van der Waals surface area contributed by atoms with Crippen LogP contribution in [-0.4, -0.2) is 16.1 Å². The third-order valence-electron chi connectivity index (χ3n) is 5.25. The molecule has 0 aliphatic carbocycles. The lowest BCUT2D eigenvalue weighted by molar-refractivity contribution is 0.102. The molecule has 1 aromatic heterocycles. The number of carbonyl (C=O) groups is 1. The molecule has 5 aromatic rings. The predicted molar refractivity (Wildman–Crippen MR) is 119 cm³/mol. The van der Waals surface area contributed by atoms with Crippen molar-refractivity contribution in [2.45, 2.75) is 6.61 Å². The number of anilines is 1. The van der Waals surface area contributed by atoms with E-state index in [2.05, 4.69) is 15.5 Å².